The Hall–Kier alpha value is -9.20. The van der Waals surface area contributed by atoms with Gasteiger partial charge in [0.25, 0.3) is 0 Å². The van der Waals surface area contributed by atoms with Crippen molar-refractivity contribution in [1.29, 1.82) is 0 Å². The van der Waals surface area contributed by atoms with E-state index in [1.54, 1.807) is 0 Å². The molecule has 16 aromatic carbocycles. The maximum absolute atomic E-state index is 3.30. The Morgan fingerprint density at radius 2 is 0.431 bits per heavy atom. The maximum Gasteiger partial charge on any atom is 0.0326 e. The minimum atomic E-state index is -1.19. The fourth-order valence-corrected chi connectivity index (χ4v) is 47.6. The number of nitrogens with zero attached hydrogens (tertiary/aromatic N) is 4. The minimum absolute atomic E-state index is 0.110. The Kier molecular flexibility index (Phi) is 30.2. The average molecular weight is 1840 g/mol. The van der Waals surface area contributed by atoms with E-state index < -0.39 is 64.6 Å². The molecule has 0 heterocycles. The summed E-state index contributed by atoms with van der Waals surface area (Å²) in [5.74, 6) is 1.57. The van der Waals surface area contributed by atoms with Crippen molar-refractivity contribution in [2.24, 2.45) is 40.9 Å². The largest absolute Gasteiger partial charge is 0.244 e. The SMILES string of the molecule is CC1C(N(P(c2ccccc2)c2ccccc2)P(c2ccccc2)c2ccccc2)C(C)C(C)(CN(P(c2ccccc2)c2ccccc2)P(c2ccccc2)c2ccccc2)C1CC1CCC(N(P(c2ccccc2)c2ccccc2)P(c2ccccc2)c2ccccc2)C(C2CCCCC2N(P(c2ccccc2)c2ccccc2)P(c2ccccc2)c2ccccc2)C1. The standard InChI is InChI=1S/C118H116N4P8/c1-93-114(118(3,92-119(123(96-54-20-4-21-55-96)97-56-22-5-23-57-97)124(98-58-24-6-25-59-98)99-60-26-7-27-61-99)94(2)117(93)122(129(108-78-44-16-45-79-108)109-80-46-17-47-81-109)130(110-82-48-18-49-83-110)111-84-50-19-51-85-111)91-95-88-89-116(121(127(104-70-36-12-37-71-104)105-72-38-13-39-73-105)128(106-74-40-14-41-75-106)107-76-42-15-43-77-107)113(90-95)112-86-52-53-87-115(112)120(125(100-62-28-8-29-63-100)101-64-30-9-31-65-101)126(102-66-32-10-33-67-102)103-68-34-11-35-69-103/h4-51,54-85,93-95,112-117H,52-53,86-92H2,1-3H3. The molecule has 10 unspecified atom stereocenters. The lowest BCUT2D eigenvalue weighted by molar-refractivity contribution is 0.0508. The first kappa shape index (κ1) is 90.0. The molecule has 3 saturated carbocycles. The van der Waals surface area contributed by atoms with Crippen LogP contribution in [0.5, 0.6) is 0 Å². The first-order valence-electron chi connectivity index (χ1n) is 46.7. The van der Waals surface area contributed by atoms with E-state index in [2.05, 4.69) is 524 Å². The summed E-state index contributed by atoms with van der Waals surface area (Å²) >= 11 is 0. The van der Waals surface area contributed by atoms with E-state index in [0.29, 0.717) is 11.8 Å². The van der Waals surface area contributed by atoms with Crippen LogP contribution in [-0.2, 0) is 0 Å². The Morgan fingerprint density at radius 3 is 0.662 bits per heavy atom. The zero-order chi connectivity index (χ0) is 87.8. The van der Waals surface area contributed by atoms with E-state index in [1.165, 1.54) is 97.7 Å². The van der Waals surface area contributed by atoms with Gasteiger partial charge in [0.2, 0.25) is 0 Å². The third kappa shape index (κ3) is 19.9. The molecule has 0 bridgehead atoms. The van der Waals surface area contributed by atoms with Gasteiger partial charge < -0.3 is 0 Å². The van der Waals surface area contributed by atoms with Gasteiger partial charge >= 0.3 is 0 Å². The highest BCUT2D eigenvalue weighted by Gasteiger charge is 2.61. The van der Waals surface area contributed by atoms with Gasteiger partial charge in [-0.3, -0.25) is 0 Å². The summed E-state index contributed by atoms with van der Waals surface area (Å²) in [5, 5.41) is 22.5. The highest BCUT2D eigenvalue weighted by atomic mass is 31.2. The number of benzene rings is 16. The molecule has 12 heteroatoms. The van der Waals surface area contributed by atoms with Crippen molar-refractivity contribution in [3.05, 3.63) is 485 Å². The van der Waals surface area contributed by atoms with Crippen LogP contribution in [0.4, 0.5) is 0 Å². The van der Waals surface area contributed by atoms with Crippen LogP contribution < -0.4 is 84.9 Å². The highest BCUT2D eigenvalue weighted by molar-refractivity contribution is 7.86. The molecule has 0 radical (unpaired) electrons. The lowest BCUT2D eigenvalue weighted by atomic mass is 9.63. The lowest BCUT2D eigenvalue weighted by Crippen LogP contribution is -2.53. The van der Waals surface area contributed by atoms with Crippen LogP contribution in [0.3, 0.4) is 0 Å². The Morgan fingerprint density at radius 1 is 0.231 bits per heavy atom. The van der Waals surface area contributed by atoms with Gasteiger partial charge in [-0.05, 0) is 164 Å². The Bertz CT molecular complexity index is 5440. The molecule has 130 heavy (non-hydrogen) atoms. The Labute approximate surface area is 784 Å². The van der Waals surface area contributed by atoms with E-state index in [-0.39, 0.29) is 47.2 Å². The first-order chi connectivity index (χ1) is 64.3. The first-order valence-corrected chi connectivity index (χ1v) is 57.0. The molecule has 3 aliphatic rings. The van der Waals surface area contributed by atoms with Crippen LogP contribution in [0.25, 0.3) is 0 Å². The van der Waals surface area contributed by atoms with Gasteiger partial charge in [0.15, 0.2) is 0 Å². The van der Waals surface area contributed by atoms with Crippen LogP contribution >= 0.6 is 64.6 Å². The third-order valence-electron chi connectivity index (χ3n) is 27.5. The molecule has 0 saturated heterocycles. The number of hydrogen-bond donors (Lipinski definition) is 0. The van der Waals surface area contributed by atoms with Crippen LogP contribution in [0.15, 0.2) is 485 Å². The van der Waals surface area contributed by atoms with Gasteiger partial charge in [-0.15, -0.1) is 0 Å². The molecule has 16 aromatic rings. The normalized spacial score (nSPS) is 20.1. The van der Waals surface area contributed by atoms with Crippen LogP contribution in [0.2, 0.25) is 0 Å². The molecule has 0 aliphatic heterocycles. The quantitative estimate of drug-likeness (QED) is 0.0390. The monoisotopic (exact) mass is 1840 g/mol. The van der Waals surface area contributed by atoms with Gasteiger partial charge in [0.1, 0.15) is 0 Å². The van der Waals surface area contributed by atoms with E-state index in [1.807, 2.05) is 0 Å². The summed E-state index contributed by atoms with van der Waals surface area (Å²) in [6, 6.07) is 190. The van der Waals surface area contributed by atoms with Crippen LogP contribution in [-0.4, -0.2) is 42.4 Å². The average Bonchev–Trinajstić information content (AvgIpc) is 1.52. The second kappa shape index (κ2) is 43.7. The fraction of sp³-hybridized carbons (Fsp3) is 0.186. The van der Waals surface area contributed by atoms with Crippen molar-refractivity contribution in [2.75, 3.05) is 6.54 Å². The van der Waals surface area contributed by atoms with Gasteiger partial charge in [0.05, 0.1) is 0 Å². The summed E-state index contributed by atoms with van der Waals surface area (Å²) in [6.07, 6.45) is 9.07. The second-order valence-corrected chi connectivity index (χ2v) is 53.3. The van der Waals surface area contributed by atoms with E-state index in [4.69, 9.17) is 0 Å². The minimum Gasteiger partial charge on any atom is -0.244 e. The summed E-state index contributed by atoms with van der Waals surface area (Å²) in [5.41, 5.74) is -0.311. The van der Waals surface area contributed by atoms with Crippen molar-refractivity contribution in [2.45, 2.75) is 90.3 Å². The van der Waals surface area contributed by atoms with Crippen molar-refractivity contribution < 1.29 is 0 Å². The van der Waals surface area contributed by atoms with Crippen molar-refractivity contribution >= 4 is 149 Å². The zero-order valence-electron chi connectivity index (χ0n) is 74.6. The highest BCUT2D eigenvalue weighted by Crippen LogP contribution is 2.70. The topological polar surface area (TPSA) is 13.0 Å². The lowest BCUT2D eigenvalue weighted by Gasteiger charge is -2.56. The maximum atomic E-state index is 3.30. The zero-order valence-corrected chi connectivity index (χ0v) is 81.8. The Balaban J connectivity index is 0.864. The molecule has 3 aliphatic carbocycles. The molecule has 0 N–H and O–H groups in total. The predicted octanol–water partition coefficient (Wildman–Crippen LogP) is 24.6. The van der Waals surface area contributed by atoms with E-state index in [0.717, 1.165) is 45.1 Å². The smallest absolute Gasteiger partial charge is 0.0326 e. The van der Waals surface area contributed by atoms with Crippen molar-refractivity contribution in [3.8, 4) is 0 Å². The van der Waals surface area contributed by atoms with E-state index >= 15 is 0 Å². The fourth-order valence-electron chi connectivity index (χ4n) is 21.6. The van der Waals surface area contributed by atoms with Crippen LogP contribution in [0, 0.1) is 40.9 Å². The van der Waals surface area contributed by atoms with Crippen LogP contribution in [0.1, 0.15) is 72.1 Å². The molecular formula is C118H116N4P8. The molecular weight excluding hydrogens is 1720 g/mol. The molecule has 0 amide bonds. The molecule has 10 atom stereocenters. The molecule has 3 fully saturated rings. The molecule has 0 spiro atoms. The summed E-state index contributed by atoms with van der Waals surface area (Å²) < 4.78 is 13.0. The molecule has 648 valence electrons. The van der Waals surface area contributed by atoms with Gasteiger partial charge in [-0.1, -0.05) is 519 Å². The third-order valence-corrected chi connectivity index (χ3v) is 49.8. The number of hydrogen-bond acceptors (Lipinski definition) is 4. The summed E-state index contributed by atoms with van der Waals surface area (Å²) in [6.45, 7) is 9.36. The predicted molar refractivity (Wildman–Crippen MR) is 573 cm³/mol. The number of rotatable bonds is 32. The van der Waals surface area contributed by atoms with Crippen molar-refractivity contribution in [3.63, 3.8) is 0 Å². The summed E-state index contributed by atoms with van der Waals surface area (Å²) in [4.78, 5) is 0. The van der Waals surface area contributed by atoms with E-state index in [9.17, 15) is 0 Å². The summed E-state index contributed by atoms with van der Waals surface area (Å²) in [7, 11) is -9.37. The van der Waals surface area contributed by atoms with Gasteiger partial charge in [-0.2, -0.15) is 0 Å². The molecule has 0 aromatic heterocycles. The molecule has 19 rings (SSSR count). The molecule has 4 nitrogen and oxygen atoms in total. The van der Waals surface area contributed by atoms with Gasteiger partial charge in [0, 0.05) is 89.2 Å². The second-order valence-electron chi connectivity index (χ2n) is 35.3. The van der Waals surface area contributed by atoms with Crippen molar-refractivity contribution in [1.82, 2.24) is 17.8 Å². The van der Waals surface area contributed by atoms with Gasteiger partial charge in [-0.25, -0.2) is 17.8 Å².